The molecule has 8 nitrogen and oxygen atoms in total. The normalized spacial score (nSPS) is 10.9. The fraction of sp³-hybridized carbons (Fsp3) is 0. The number of hydrogen-bond acceptors (Lipinski definition) is 5. The Morgan fingerprint density at radius 1 is 0.786 bits per heavy atom. The summed E-state index contributed by atoms with van der Waals surface area (Å²) in [7, 11) is 0. The molecule has 4 rings (SSSR count). The molecular formula is C19H11ClN4O4. The number of nitro benzene ring substituents is 2. The van der Waals surface area contributed by atoms with Gasteiger partial charge in [-0.1, -0.05) is 29.8 Å². The topological polar surface area (TPSA) is 115 Å². The second-order valence-electron chi connectivity index (χ2n) is 6.04. The number of nitrogens with zero attached hydrogens (tertiary/aromatic N) is 3. The van der Waals surface area contributed by atoms with E-state index in [2.05, 4.69) is 9.97 Å². The maximum absolute atomic E-state index is 11.2. The predicted octanol–water partition coefficient (Wildman–Crippen LogP) is 5.37. The summed E-state index contributed by atoms with van der Waals surface area (Å²) in [5.74, 6) is 0.390. The number of fused-ring (bicyclic) bond motifs is 1. The molecule has 1 aromatic heterocycles. The number of nitrogens with one attached hydrogen (secondary N) is 1. The molecule has 0 bridgehead atoms. The van der Waals surface area contributed by atoms with Crippen LogP contribution in [-0.2, 0) is 0 Å². The number of halogens is 1. The van der Waals surface area contributed by atoms with E-state index in [4.69, 9.17) is 11.6 Å². The molecule has 1 N–H and O–H groups in total. The molecule has 0 aliphatic carbocycles. The number of rotatable bonds is 4. The first-order chi connectivity index (χ1) is 13.4. The number of imidazole rings is 1. The molecule has 4 aromatic rings. The van der Waals surface area contributed by atoms with Crippen LogP contribution in [0.25, 0.3) is 33.5 Å². The van der Waals surface area contributed by atoms with Gasteiger partial charge in [0.1, 0.15) is 5.82 Å². The summed E-state index contributed by atoms with van der Waals surface area (Å²) in [6, 6.07) is 16.8. The monoisotopic (exact) mass is 394 g/mol. The van der Waals surface area contributed by atoms with Gasteiger partial charge in [0.25, 0.3) is 0 Å². The van der Waals surface area contributed by atoms with E-state index in [1.54, 1.807) is 12.1 Å². The lowest BCUT2D eigenvalue weighted by atomic mass is 10.1. The molecule has 0 spiro atoms. The number of aromatic nitrogens is 2. The van der Waals surface area contributed by atoms with Crippen molar-refractivity contribution in [3.8, 4) is 22.5 Å². The lowest BCUT2D eigenvalue weighted by molar-refractivity contribution is -0.422. The van der Waals surface area contributed by atoms with Gasteiger partial charge in [-0.25, -0.2) is 4.98 Å². The number of H-pyrrole nitrogens is 1. The minimum atomic E-state index is -0.779. The first-order valence-corrected chi connectivity index (χ1v) is 8.49. The summed E-state index contributed by atoms with van der Waals surface area (Å²) >= 11 is 5.92. The summed E-state index contributed by atoms with van der Waals surface area (Å²) in [6.45, 7) is 0. The molecule has 28 heavy (non-hydrogen) atoms. The molecule has 0 fully saturated rings. The van der Waals surface area contributed by atoms with Crippen LogP contribution in [0.5, 0.6) is 0 Å². The van der Waals surface area contributed by atoms with Crippen molar-refractivity contribution in [3.63, 3.8) is 0 Å². The van der Waals surface area contributed by atoms with Crippen LogP contribution in [0.2, 0.25) is 5.02 Å². The van der Waals surface area contributed by atoms with Crippen LogP contribution in [0.4, 0.5) is 11.4 Å². The molecule has 0 radical (unpaired) electrons. The van der Waals surface area contributed by atoms with Gasteiger partial charge >= 0.3 is 11.4 Å². The SMILES string of the molecule is O=[N+]([O-])c1ccc(-c2nc3ccc(-c4ccc(Cl)cc4)cc3[nH]2)cc1[N+](=O)[O-]. The van der Waals surface area contributed by atoms with Crippen molar-refractivity contribution in [2.24, 2.45) is 0 Å². The maximum Gasteiger partial charge on any atom is 0.346 e. The van der Waals surface area contributed by atoms with E-state index in [9.17, 15) is 20.2 Å². The van der Waals surface area contributed by atoms with Crippen molar-refractivity contribution >= 4 is 34.0 Å². The molecule has 0 aliphatic rings. The van der Waals surface area contributed by atoms with Crippen molar-refractivity contribution in [1.82, 2.24) is 9.97 Å². The van der Waals surface area contributed by atoms with Crippen LogP contribution in [0.3, 0.4) is 0 Å². The number of benzene rings is 3. The average molecular weight is 395 g/mol. The predicted molar refractivity (Wildman–Crippen MR) is 105 cm³/mol. The zero-order valence-electron chi connectivity index (χ0n) is 14.1. The quantitative estimate of drug-likeness (QED) is 0.369. The lowest BCUT2D eigenvalue weighted by Crippen LogP contribution is -1.97. The van der Waals surface area contributed by atoms with E-state index in [0.29, 0.717) is 21.9 Å². The molecule has 0 saturated heterocycles. The standard InChI is InChI=1S/C19H11ClN4O4/c20-14-5-1-11(2-6-14)12-3-7-15-16(9-12)22-19(21-15)13-4-8-17(23(25)26)18(10-13)24(27)28/h1-10H,(H,21,22). The lowest BCUT2D eigenvalue weighted by Gasteiger charge is -2.01. The van der Waals surface area contributed by atoms with Crippen LogP contribution in [0, 0.1) is 20.2 Å². The van der Waals surface area contributed by atoms with E-state index in [-0.39, 0.29) is 0 Å². The molecular weight excluding hydrogens is 384 g/mol. The van der Waals surface area contributed by atoms with Crippen molar-refractivity contribution in [3.05, 3.63) is 85.9 Å². The Hall–Kier alpha value is -3.78. The second kappa shape index (κ2) is 6.75. The van der Waals surface area contributed by atoms with Crippen LogP contribution < -0.4 is 0 Å². The Morgan fingerprint density at radius 2 is 1.43 bits per heavy atom. The van der Waals surface area contributed by atoms with Gasteiger partial charge in [0.2, 0.25) is 0 Å². The smallest absolute Gasteiger partial charge is 0.338 e. The first kappa shape index (κ1) is 17.6. The molecule has 0 atom stereocenters. The molecule has 0 saturated carbocycles. The summed E-state index contributed by atoms with van der Waals surface area (Å²) in [4.78, 5) is 28.1. The van der Waals surface area contributed by atoms with Crippen molar-refractivity contribution in [2.45, 2.75) is 0 Å². The zero-order valence-corrected chi connectivity index (χ0v) is 14.9. The number of nitro groups is 2. The third-order valence-electron chi connectivity index (χ3n) is 4.30. The van der Waals surface area contributed by atoms with Crippen LogP contribution in [0.15, 0.2) is 60.7 Å². The van der Waals surface area contributed by atoms with E-state index >= 15 is 0 Å². The minimum absolute atomic E-state index is 0.390. The third-order valence-corrected chi connectivity index (χ3v) is 4.55. The van der Waals surface area contributed by atoms with Gasteiger partial charge in [-0.15, -0.1) is 0 Å². The van der Waals surface area contributed by atoms with E-state index in [1.807, 2.05) is 30.3 Å². The van der Waals surface area contributed by atoms with Crippen LogP contribution in [0.1, 0.15) is 0 Å². The summed E-state index contributed by atoms with van der Waals surface area (Å²) in [5.41, 5.74) is 2.60. The van der Waals surface area contributed by atoms with E-state index < -0.39 is 21.2 Å². The van der Waals surface area contributed by atoms with Gasteiger partial charge in [-0.2, -0.15) is 0 Å². The Balaban J connectivity index is 1.78. The molecule has 9 heteroatoms. The molecule has 138 valence electrons. The Kier molecular flexibility index (Phi) is 4.25. The molecule has 1 heterocycles. The van der Waals surface area contributed by atoms with Gasteiger partial charge in [-0.05, 0) is 41.5 Å². The maximum atomic E-state index is 11.2. The second-order valence-corrected chi connectivity index (χ2v) is 6.48. The molecule has 0 amide bonds. The van der Waals surface area contributed by atoms with Crippen molar-refractivity contribution < 1.29 is 9.85 Å². The van der Waals surface area contributed by atoms with Gasteiger partial charge in [0, 0.05) is 22.7 Å². The Labute approximate surface area is 162 Å². The summed E-state index contributed by atoms with van der Waals surface area (Å²) in [5, 5.41) is 22.8. The van der Waals surface area contributed by atoms with Gasteiger partial charge in [0.05, 0.1) is 20.9 Å². The van der Waals surface area contributed by atoms with Crippen molar-refractivity contribution in [2.75, 3.05) is 0 Å². The minimum Gasteiger partial charge on any atom is -0.338 e. The molecule has 3 aromatic carbocycles. The number of hydrogen-bond donors (Lipinski definition) is 1. The fourth-order valence-corrected chi connectivity index (χ4v) is 3.07. The summed E-state index contributed by atoms with van der Waals surface area (Å²) in [6.07, 6.45) is 0. The molecule has 0 unspecified atom stereocenters. The highest BCUT2D eigenvalue weighted by Crippen LogP contribution is 2.32. The van der Waals surface area contributed by atoms with Gasteiger partial charge in [-0.3, -0.25) is 20.2 Å². The van der Waals surface area contributed by atoms with Crippen LogP contribution in [-0.4, -0.2) is 19.8 Å². The first-order valence-electron chi connectivity index (χ1n) is 8.11. The fourth-order valence-electron chi connectivity index (χ4n) is 2.94. The van der Waals surface area contributed by atoms with Gasteiger partial charge < -0.3 is 4.98 Å². The Bertz CT molecular complexity index is 1230. The van der Waals surface area contributed by atoms with Gasteiger partial charge in [0.15, 0.2) is 0 Å². The van der Waals surface area contributed by atoms with E-state index in [1.165, 1.54) is 6.07 Å². The average Bonchev–Trinajstić information content (AvgIpc) is 3.11. The largest absolute Gasteiger partial charge is 0.346 e. The number of aromatic amines is 1. The van der Waals surface area contributed by atoms with Crippen molar-refractivity contribution in [1.29, 1.82) is 0 Å². The Morgan fingerprint density at radius 3 is 2.11 bits per heavy atom. The highest BCUT2D eigenvalue weighted by Gasteiger charge is 2.25. The zero-order chi connectivity index (χ0) is 19.8. The summed E-state index contributed by atoms with van der Waals surface area (Å²) < 4.78 is 0. The molecule has 0 aliphatic heterocycles. The van der Waals surface area contributed by atoms with E-state index in [0.717, 1.165) is 28.8 Å². The van der Waals surface area contributed by atoms with Crippen LogP contribution >= 0.6 is 11.6 Å². The highest BCUT2D eigenvalue weighted by atomic mass is 35.5. The third kappa shape index (κ3) is 3.17. The highest BCUT2D eigenvalue weighted by molar-refractivity contribution is 6.30.